The first-order valence-electron chi connectivity index (χ1n) is 13.9. The number of phenols is 1. The summed E-state index contributed by atoms with van der Waals surface area (Å²) in [6, 6.07) is 19.7. The van der Waals surface area contributed by atoms with Gasteiger partial charge in [-0.15, -0.1) is 0 Å². The lowest BCUT2D eigenvalue weighted by Crippen LogP contribution is -2.50. The first-order chi connectivity index (χ1) is 17.1. The molecule has 3 fully saturated rings. The molecule has 2 heterocycles. The van der Waals surface area contributed by atoms with E-state index in [0.717, 1.165) is 31.7 Å². The van der Waals surface area contributed by atoms with Crippen molar-refractivity contribution in [1.82, 2.24) is 9.80 Å². The van der Waals surface area contributed by atoms with Crippen LogP contribution in [0.2, 0.25) is 0 Å². The Morgan fingerprint density at radius 1 is 1.00 bits per heavy atom. The van der Waals surface area contributed by atoms with E-state index in [0.29, 0.717) is 42.6 Å². The van der Waals surface area contributed by atoms with Gasteiger partial charge in [-0.25, -0.2) is 0 Å². The highest BCUT2D eigenvalue weighted by Crippen LogP contribution is 2.43. The number of benzene rings is 2. The summed E-state index contributed by atoms with van der Waals surface area (Å²) in [4.78, 5) is 18.4. The van der Waals surface area contributed by atoms with Gasteiger partial charge in [-0.1, -0.05) is 68.1 Å². The predicted octanol–water partition coefficient (Wildman–Crippen LogP) is 6.49. The minimum atomic E-state index is 0.201. The third-order valence-electron chi connectivity index (χ3n) is 8.99. The van der Waals surface area contributed by atoms with Crippen LogP contribution in [0, 0.1) is 5.92 Å². The maximum atomic E-state index is 13.5. The molecule has 2 aliphatic heterocycles. The molecular weight excluding hydrogens is 432 g/mol. The molecule has 2 saturated heterocycles. The van der Waals surface area contributed by atoms with E-state index in [1.54, 1.807) is 6.07 Å². The lowest BCUT2D eigenvalue weighted by molar-refractivity contribution is -0.135. The third kappa shape index (κ3) is 5.91. The smallest absolute Gasteiger partial charge is 0.223 e. The van der Waals surface area contributed by atoms with Crippen LogP contribution in [0.15, 0.2) is 54.6 Å². The van der Waals surface area contributed by atoms with Crippen molar-refractivity contribution in [2.45, 2.75) is 102 Å². The maximum absolute atomic E-state index is 13.5. The van der Waals surface area contributed by atoms with Crippen LogP contribution in [0.4, 0.5) is 0 Å². The molecule has 2 aromatic rings. The van der Waals surface area contributed by atoms with E-state index in [4.69, 9.17) is 0 Å². The van der Waals surface area contributed by atoms with E-state index < -0.39 is 0 Å². The topological polar surface area (TPSA) is 43.8 Å². The SMILES string of the molecule is C[C@H](CN1[C@@H]2CC[C@H]1CC(c1cccc(O)c1)C2)N(Cc1ccccc1)C(=O)CCC1CCCC1. The average Bonchev–Trinajstić information content (AvgIpc) is 3.46. The first kappa shape index (κ1) is 24.4. The second-order valence-corrected chi connectivity index (χ2v) is 11.4. The van der Waals surface area contributed by atoms with Crippen molar-refractivity contribution in [3.05, 3.63) is 65.7 Å². The monoisotopic (exact) mass is 474 g/mol. The molecule has 1 amide bonds. The van der Waals surface area contributed by atoms with Crippen molar-refractivity contribution in [3.63, 3.8) is 0 Å². The molecule has 35 heavy (non-hydrogen) atoms. The molecule has 1 unspecified atom stereocenters. The lowest BCUT2D eigenvalue weighted by atomic mass is 9.85. The van der Waals surface area contributed by atoms with E-state index in [9.17, 15) is 9.90 Å². The summed E-state index contributed by atoms with van der Waals surface area (Å²) in [6.45, 7) is 3.93. The normalized spacial score (nSPS) is 25.6. The minimum absolute atomic E-state index is 0.201. The molecule has 1 aliphatic carbocycles. The summed E-state index contributed by atoms with van der Waals surface area (Å²) in [5.41, 5.74) is 2.50. The van der Waals surface area contributed by atoms with Crippen LogP contribution >= 0.6 is 0 Å². The number of fused-ring (bicyclic) bond motifs is 2. The van der Waals surface area contributed by atoms with Gasteiger partial charge in [0.15, 0.2) is 0 Å². The zero-order chi connectivity index (χ0) is 24.2. The molecule has 4 heteroatoms. The Bertz CT molecular complexity index is 957. The molecular formula is C31H42N2O2. The number of aromatic hydroxyl groups is 1. The van der Waals surface area contributed by atoms with E-state index in [1.807, 2.05) is 18.2 Å². The first-order valence-corrected chi connectivity index (χ1v) is 13.9. The second-order valence-electron chi connectivity index (χ2n) is 11.4. The van der Waals surface area contributed by atoms with Gasteiger partial charge in [0.1, 0.15) is 5.75 Å². The molecule has 0 spiro atoms. The molecule has 5 rings (SSSR count). The molecule has 3 aliphatic rings. The number of hydrogen-bond acceptors (Lipinski definition) is 3. The zero-order valence-electron chi connectivity index (χ0n) is 21.3. The number of rotatable bonds is 9. The third-order valence-corrected chi connectivity index (χ3v) is 8.99. The Morgan fingerprint density at radius 2 is 1.71 bits per heavy atom. The van der Waals surface area contributed by atoms with Gasteiger partial charge in [0.05, 0.1) is 0 Å². The van der Waals surface area contributed by atoms with E-state index in [-0.39, 0.29) is 6.04 Å². The van der Waals surface area contributed by atoms with Crippen molar-refractivity contribution in [3.8, 4) is 5.75 Å². The standard InChI is InChI=1S/C31H42N2O2/c1-23(21-33-28-15-16-29(33)19-27(18-28)26-12-7-13-30(34)20-26)32(22-25-10-3-2-4-11-25)31(35)17-14-24-8-5-6-9-24/h2-4,7,10-13,20,23-24,27-29,34H,5-6,8-9,14-19,21-22H2,1H3/t23-,27?,28-,29+/m1/s1. The molecule has 1 saturated carbocycles. The van der Waals surface area contributed by atoms with Crippen LogP contribution in [-0.2, 0) is 11.3 Å². The van der Waals surface area contributed by atoms with E-state index >= 15 is 0 Å². The maximum Gasteiger partial charge on any atom is 0.223 e. The molecule has 2 bridgehead atoms. The van der Waals surface area contributed by atoms with Crippen LogP contribution in [0.3, 0.4) is 0 Å². The molecule has 4 atom stereocenters. The van der Waals surface area contributed by atoms with E-state index in [1.165, 1.54) is 49.7 Å². The highest BCUT2D eigenvalue weighted by atomic mass is 16.3. The molecule has 1 N–H and O–H groups in total. The number of nitrogens with zero attached hydrogens (tertiary/aromatic N) is 2. The number of carbonyl (C=O) groups is 1. The Labute approximate surface area is 211 Å². The van der Waals surface area contributed by atoms with Gasteiger partial charge in [0.2, 0.25) is 5.91 Å². The molecule has 4 nitrogen and oxygen atoms in total. The quantitative estimate of drug-likeness (QED) is 0.452. The van der Waals surface area contributed by atoms with Crippen molar-refractivity contribution < 1.29 is 9.90 Å². The highest BCUT2D eigenvalue weighted by molar-refractivity contribution is 5.76. The second kappa shape index (κ2) is 11.2. The van der Waals surface area contributed by atoms with Gasteiger partial charge in [-0.05, 0) is 74.1 Å². The summed E-state index contributed by atoms with van der Waals surface area (Å²) in [7, 11) is 0. The summed E-state index contributed by atoms with van der Waals surface area (Å²) in [5, 5.41) is 9.96. The van der Waals surface area contributed by atoms with Crippen molar-refractivity contribution in [2.24, 2.45) is 5.92 Å². The van der Waals surface area contributed by atoms with Crippen molar-refractivity contribution >= 4 is 5.91 Å². The molecule has 0 aromatic heterocycles. The Hall–Kier alpha value is -2.33. The molecule has 2 aromatic carbocycles. The van der Waals surface area contributed by atoms with Crippen molar-refractivity contribution in [1.29, 1.82) is 0 Å². The number of phenolic OH excluding ortho intramolecular Hbond substituents is 1. The minimum Gasteiger partial charge on any atom is -0.508 e. The van der Waals surface area contributed by atoms with Crippen LogP contribution in [0.5, 0.6) is 5.75 Å². The van der Waals surface area contributed by atoms with Gasteiger partial charge in [0, 0.05) is 37.6 Å². The van der Waals surface area contributed by atoms with Crippen LogP contribution in [-0.4, -0.2) is 45.5 Å². The Balaban J connectivity index is 1.25. The highest BCUT2D eigenvalue weighted by Gasteiger charge is 2.42. The summed E-state index contributed by atoms with van der Waals surface area (Å²) in [6.07, 6.45) is 11.8. The van der Waals surface area contributed by atoms with Crippen LogP contribution < -0.4 is 0 Å². The largest absolute Gasteiger partial charge is 0.508 e. The molecule has 188 valence electrons. The number of amides is 1. The summed E-state index contributed by atoms with van der Waals surface area (Å²) < 4.78 is 0. The van der Waals surface area contributed by atoms with Crippen LogP contribution in [0.1, 0.15) is 88.2 Å². The summed E-state index contributed by atoms with van der Waals surface area (Å²) >= 11 is 0. The lowest BCUT2D eigenvalue weighted by Gasteiger charge is -2.42. The van der Waals surface area contributed by atoms with Crippen LogP contribution in [0.25, 0.3) is 0 Å². The number of carbonyl (C=O) groups excluding carboxylic acids is 1. The summed E-state index contributed by atoms with van der Waals surface area (Å²) in [5.74, 6) is 1.98. The van der Waals surface area contributed by atoms with Gasteiger partial charge in [-0.2, -0.15) is 0 Å². The Kier molecular flexibility index (Phi) is 7.77. The van der Waals surface area contributed by atoms with Gasteiger partial charge in [0.25, 0.3) is 0 Å². The fourth-order valence-electron chi connectivity index (χ4n) is 7.07. The average molecular weight is 475 g/mol. The van der Waals surface area contributed by atoms with Gasteiger partial charge in [-0.3, -0.25) is 9.69 Å². The molecule has 0 radical (unpaired) electrons. The number of piperidine rings is 1. The van der Waals surface area contributed by atoms with Crippen molar-refractivity contribution in [2.75, 3.05) is 6.54 Å². The predicted molar refractivity (Wildman–Crippen MR) is 141 cm³/mol. The number of hydrogen-bond donors (Lipinski definition) is 1. The zero-order valence-corrected chi connectivity index (χ0v) is 21.3. The Morgan fingerprint density at radius 3 is 2.40 bits per heavy atom. The fourth-order valence-corrected chi connectivity index (χ4v) is 7.07. The van der Waals surface area contributed by atoms with E-state index in [2.05, 4.69) is 47.1 Å². The van der Waals surface area contributed by atoms with Gasteiger partial charge >= 0.3 is 0 Å². The fraction of sp³-hybridized carbons (Fsp3) is 0.581. The van der Waals surface area contributed by atoms with Gasteiger partial charge < -0.3 is 10.0 Å².